The molecule has 1 N–H and O–H groups in total. The number of hydrogen-bond acceptors (Lipinski definition) is 4. The highest BCUT2D eigenvalue weighted by Gasteiger charge is 2.14. The molecular formula is C18H18N2O2. The van der Waals surface area contributed by atoms with Gasteiger partial charge in [0, 0.05) is 12.1 Å². The lowest BCUT2D eigenvalue weighted by Gasteiger charge is -2.08. The van der Waals surface area contributed by atoms with Gasteiger partial charge in [-0.2, -0.15) is 0 Å². The van der Waals surface area contributed by atoms with E-state index in [1.165, 1.54) is 11.1 Å². The Balaban J connectivity index is 1.39. The van der Waals surface area contributed by atoms with Crippen molar-refractivity contribution in [2.75, 3.05) is 13.2 Å². The van der Waals surface area contributed by atoms with Gasteiger partial charge in [-0.3, -0.25) is 4.99 Å². The Kier molecular flexibility index (Phi) is 4.49. The first-order valence-corrected chi connectivity index (χ1v) is 7.43. The van der Waals surface area contributed by atoms with E-state index < -0.39 is 0 Å². The highest BCUT2D eigenvalue weighted by molar-refractivity contribution is 6.01. The first-order valence-electron chi connectivity index (χ1n) is 7.43. The topological polar surface area (TPSA) is 50.7 Å². The van der Waals surface area contributed by atoms with Gasteiger partial charge in [0.1, 0.15) is 5.84 Å². The Bertz CT molecular complexity index is 680. The fourth-order valence-corrected chi connectivity index (χ4v) is 2.39. The molecule has 112 valence electrons. The van der Waals surface area contributed by atoms with Crippen LogP contribution < -0.4 is 5.32 Å². The van der Waals surface area contributed by atoms with Gasteiger partial charge in [0.05, 0.1) is 18.7 Å². The Labute approximate surface area is 129 Å². The number of nitrogens with one attached hydrogen (secondary N) is 1. The van der Waals surface area contributed by atoms with Crippen molar-refractivity contribution < 1.29 is 9.53 Å². The lowest BCUT2D eigenvalue weighted by Crippen LogP contribution is -2.25. The van der Waals surface area contributed by atoms with Crippen molar-refractivity contribution >= 4 is 11.8 Å². The second-order valence-electron chi connectivity index (χ2n) is 5.10. The summed E-state index contributed by atoms with van der Waals surface area (Å²) in [6.45, 7) is 1.87. The molecule has 0 fully saturated rings. The van der Waals surface area contributed by atoms with Gasteiger partial charge in [0.25, 0.3) is 0 Å². The molecule has 1 aliphatic heterocycles. The summed E-state index contributed by atoms with van der Waals surface area (Å²) in [6, 6.07) is 17.3. The van der Waals surface area contributed by atoms with Crippen LogP contribution in [-0.2, 0) is 11.3 Å². The second kappa shape index (κ2) is 6.89. The van der Waals surface area contributed by atoms with Crippen LogP contribution in [0, 0.1) is 0 Å². The van der Waals surface area contributed by atoms with E-state index >= 15 is 0 Å². The number of rotatable bonds is 5. The fraction of sp³-hybridized carbons (Fsp3) is 0.222. The number of esters is 1. The number of amidine groups is 1. The number of carbonyl (C=O) groups is 1. The van der Waals surface area contributed by atoms with E-state index in [4.69, 9.17) is 4.74 Å². The van der Waals surface area contributed by atoms with E-state index in [2.05, 4.69) is 22.4 Å². The van der Waals surface area contributed by atoms with E-state index in [1.54, 1.807) is 12.1 Å². The third-order valence-electron chi connectivity index (χ3n) is 3.54. The number of fused-ring (bicyclic) bond motifs is 1. The zero-order valence-electron chi connectivity index (χ0n) is 12.3. The molecule has 0 saturated heterocycles. The van der Waals surface area contributed by atoms with Crippen LogP contribution in [0.1, 0.15) is 27.9 Å². The van der Waals surface area contributed by atoms with Gasteiger partial charge in [-0.1, -0.05) is 42.5 Å². The van der Waals surface area contributed by atoms with Gasteiger partial charge in [0.15, 0.2) is 0 Å². The zero-order chi connectivity index (χ0) is 15.2. The normalized spacial score (nSPS) is 12.5. The van der Waals surface area contributed by atoms with Crippen LogP contribution in [0.4, 0.5) is 0 Å². The van der Waals surface area contributed by atoms with Crippen LogP contribution in [-0.4, -0.2) is 25.0 Å². The number of ether oxygens (including phenoxy) is 1. The molecule has 0 aliphatic carbocycles. The number of benzene rings is 2. The van der Waals surface area contributed by atoms with Crippen LogP contribution in [0.3, 0.4) is 0 Å². The molecule has 0 amide bonds. The third kappa shape index (κ3) is 3.34. The number of carbonyl (C=O) groups excluding carboxylic acids is 1. The molecule has 1 aliphatic rings. The Morgan fingerprint density at radius 3 is 2.73 bits per heavy atom. The SMILES string of the molecule is O=C(OCCCNC1=NCc2ccccc21)c1ccccc1. The van der Waals surface area contributed by atoms with Crippen molar-refractivity contribution in [3.05, 3.63) is 71.3 Å². The molecule has 2 aromatic rings. The maximum Gasteiger partial charge on any atom is 0.338 e. The highest BCUT2D eigenvalue weighted by atomic mass is 16.5. The zero-order valence-corrected chi connectivity index (χ0v) is 12.3. The maximum atomic E-state index is 11.8. The Hall–Kier alpha value is -2.62. The number of aliphatic imine (C=N–C) groups is 1. The molecule has 0 spiro atoms. The minimum absolute atomic E-state index is 0.274. The Morgan fingerprint density at radius 2 is 1.86 bits per heavy atom. The van der Waals surface area contributed by atoms with Crippen molar-refractivity contribution in [3.8, 4) is 0 Å². The molecule has 4 nitrogen and oxygen atoms in total. The van der Waals surface area contributed by atoms with E-state index in [0.717, 1.165) is 25.3 Å². The smallest absolute Gasteiger partial charge is 0.338 e. The highest BCUT2D eigenvalue weighted by Crippen LogP contribution is 2.16. The molecular weight excluding hydrogens is 276 g/mol. The molecule has 3 rings (SSSR count). The average Bonchev–Trinajstić information content (AvgIpc) is 2.98. The molecule has 4 heteroatoms. The molecule has 1 heterocycles. The van der Waals surface area contributed by atoms with E-state index in [-0.39, 0.29) is 5.97 Å². The quantitative estimate of drug-likeness (QED) is 0.681. The maximum absolute atomic E-state index is 11.8. The van der Waals surface area contributed by atoms with Gasteiger partial charge in [-0.15, -0.1) is 0 Å². The molecule has 0 radical (unpaired) electrons. The minimum atomic E-state index is -0.274. The summed E-state index contributed by atoms with van der Waals surface area (Å²) >= 11 is 0. The molecule has 0 bridgehead atoms. The van der Waals surface area contributed by atoms with Crippen LogP contribution in [0.25, 0.3) is 0 Å². The summed E-state index contributed by atoms with van der Waals surface area (Å²) in [5.41, 5.74) is 3.01. The Morgan fingerprint density at radius 1 is 1.09 bits per heavy atom. The standard InChI is InChI=1S/C18H18N2O2/c21-18(14-7-2-1-3-8-14)22-12-6-11-19-17-16-10-5-4-9-15(16)13-20-17/h1-5,7-10H,6,11-13H2,(H,19,20). The minimum Gasteiger partial charge on any atom is -0.462 e. The molecule has 0 aromatic heterocycles. The molecule has 2 aromatic carbocycles. The van der Waals surface area contributed by atoms with Crippen molar-refractivity contribution in [1.82, 2.24) is 5.32 Å². The predicted molar refractivity (Wildman–Crippen MR) is 86.0 cm³/mol. The lowest BCUT2D eigenvalue weighted by atomic mass is 10.1. The van der Waals surface area contributed by atoms with Gasteiger partial charge in [0.2, 0.25) is 0 Å². The average molecular weight is 294 g/mol. The van der Waals surface area contributed by atoms with E-state index in [1.807, 2.05) is 30.3 Å². The van der Waals surface area contributed by atoms with Crippen molar-refractivity contribution in [2.45, 2.75) is 13.0 Å². The lowest BCUT2D eigenvalue weighted by molar-refractivity contribution is 0.0502. The molecule has 0 saturated carbocycles. The van der Waals surface area contributed by atoms with E-state index in [0.29, 0.717) is 12.2 Å². The van der Waals surface area contributed by atoms with Crippen LogP contribution in [0.15, 0.2) is 59.6 Å². The fourth-order valence-electron chi connectivity index (χ4n) is 2.39. The molecule has 0 atom stereocenters. The second-order valence-corrected chi connectivity index (χ2v) is 5.10. The van der Waals surface area contributed by atoms with Gasteiger partial charge < -0.3 is 10.1 Å². The van der Waals surface area contributed by atoms with Crippen molar-refractivity contribution in [3.63, 3.8) is 0 Å². The molecule has 22 heavy (non-hydrogen) atoms. The summed E-state index contributed by atoms with van der Waals surface area (Å²) in [4.78, 5) is 16.2. The van der Waals surface area contributed by atoms with Crippen LogP contribution >= 0.6 is 0 Å². The van der Waals surface area contributed by atoms with E-state index in [9.17, 15) is 4.79 Å². The first kappa shape index (κ1) is 14.3. The van der Waals surface area contributed by atoms with Crippen LogP contribution in [0.5, 0.6) is 0 Å². The van der Waals surface area contributed by atoms with Gasteiger partial charge >= 0.3 is 5.97 Å². The monoisotopic (exact) mass is 294 g/mol. The van der Waals surface area contributed by atoms with Gasteiger partial charge in [-0.25, -0.2) is 4.79 Å². The molecule has 0 unspecified atom stereocenters. The van der Waals surface area contributed by atoms with Gasteiger partial charge in [-0.05, 0) is 24.1 Å². The largest absolute Gasteiger partial charge is 0.462 e. The van der Waals surface area contributed by atoms with Crippen molar-refractivity contribution in [2.24, 2.45) is 4.99 Å². The predicted octanol–water partition coefficient (Wildman–Crippen LogP) is 2.78. The summed E-state index contributed by atoms with van der Waals surface area (Å²) in [7, 11) is 0. The van der Waals surface area contributed by atoms with Crippen molar-refractivity contribution in [1.29, 1.82) is 0 Å². The van der Waals surface area contributed by atoms with Crippen LogP contribution in [0.2, 0.25) is 0 Å². The summed E-state index contributed by atoms with van der Waals surface area (Å²) in [5.74, 6) is 0.661. The summed E-state index contributed by atoms with van der Waals surface area (Å²) in [6.07, 6.45) is 0.750. The number of nitrogens with zero attached hydrogens (tertiary/aromatic N) is 1. The summed E-state index contributed by atoms with van der Waals surface area (Å²) < 4.78 is 5.24. The first-order chi connectivity index (χ1) is 10.8. The number of hydrogen-bond donors (Lipinski definition) is 1. The third-order valence-corrected chi connectivity index (χ3v) is 3.54. The summed E-state index contributed by atoms with van der Waals surface area (Å²) in [5, 5.41) is 3.31.